The maximum atomic E-state index is 5.93. The minimum atomic E-state index is 0.162. The van der Waals surface area contributed by atoms with Gasteiger partial charge < -0.3 is 9.64 Å². The molecule has 1 aliphatic heterocycles. The first-order valence-electron chi connectivity index (χ1n) is 8.02. The van der Waals surface area contributed by atoms with Crippen LogP contribution in [-0.2, 0) is 11.3 Å². The highest BCUT2D eigenvalue weighted by atomic mass is 32.1. The van der Waals surface area contributed by atoms with E-state index in [2.05, 4.69) is 47.2 Å². The second kappa shape index (κ2) is 6.84. The van der Waals surface area contributed by atoms with E-state index in [9.17, 15) is 0 Å². The second-order valence-corrected chi connectivity index (χ2v) is 6.89. The van der Waals surface area contributed by atoms with Gasteiger partial charge in [-0.1, -0.05) is 0 Å². The summed E-state index contributed by atoms with van der Waals surface area (Å²) in [5, 5.41) is 10.1. The van der Waals surface area contributed by atoms with Gasteiger partial charge in [-0.05, 0) is 12.1 Å². The zero-order chi connectivity index (χ0) is 16.4. The van der Waals surface area contributed by atoms with Crippen molar-refractivity contribution >= 4 is 22.1 Å². The highest BCUT2D eigenvalue weighted by Gasteiger charge is 2.23. The fraction of sp³-hybridized carbons (Fsp3) is 0.438. The first kappa shape index (κ1) is 15.5. The summed E-state index contributed by atoms with van der Waals surface area (Å²) in [6.45, 7) is 4.25. The molecule has 1 saturated heterocycles. The van der Waals surface area contributed by atoms with Crippen LogP contribution < -0.4 is 4.90 Å². The average molecular weight is 344 g/mol. The van der Waals surface area contributed by atoms with Gasteiger partial charge in [0.15, 0.2) is 10.8 Å². The number of imidazole rings is 1. The van der Waals surface area contributed by atoms with E-state index in [0.717, 1.165) is 49.3 Å². The van der Waals surface area contributed by atoms with Crippen molar-refractivity contribution in [1.82, 2.24) is 24.5 Å². The van der Waals surface area contributed by atoms with Crippen LogP contribution in [0.4, 0.5) is 5.82 Å². The molecule has 3 aromatic rings. The number of morpholine rings is 1. The molecule has 4 heterocycles. The Labute approximate surface area is 144 Å². The molecule has 4 rings (SSSR count). The molecule has 0 bridgehead atoms. The standard InChI is InChI=1S/C16H20N6OS/c1-20(15-3-2-4-17-19-15)11-14-12-21(5-7-23-14)9-13-10-22-6-8-24-16(22)18-13/h2-4,6,8,10,14H,5,7,9,11-12H2,1H3. The average Bonchev–Trinajstić information content (AvgIpc) is 3.17. The van der Waals surface area contributed by atoms with Crippen molar-refractivity contribution in [2.24, 2.45) is 0 Å². The van der Waals surface area contributed by atoms with Gasteiger partial charge in [0.2, 0.25) is 0 Å². The monoisotopic (exact) mass is 344 g/mol. The molecule has 8 heteroatoms. The van der Waals surface area contributed by atoms with Crippen LogP contribution in [-0.4, -0.2) is 63.9 Å². The first-order chi connectivity index (χ1) is 11.8. The highest BCUT2D eigenvalue weighted by Crippen LogP contribution is 2.16. The number of ether oxygens (including phenoxy) is 1. The van der Waals surface area contributed by atoms with E-state index < -0.39 is 0 Å². The van der Waals surface area contributed by atoms with Gasteiger partial charge in [0, 0.05) is 57.2 Å². The molecule has 0 aromatic carbocycles. The molecular formula is C16H20N6OS. The lowest BCUT2D eigenvalue weighted by atomic mass is 10.2. The van der Waals surface area contributed by atoms with Gasteiger partial charge in [-0.15, -0.1) is 16.4 Å². The predicted octanol–water partition coefficient (Wildman–Crippen LogP) is 1.52. The van der Waals surface area contributed by atoms with Crippen molar-refractivity contribution in [3.8, 4) is 0 Å². The lowest BCUT2D eigenvalue weighted by molar-refractivity contribution is -0.0268. The van der Waals surface area contributed by atoms with Crippen LogP contribution in [0.15, 0.2) is 36.1 Å². The summed E-state index contributed by atoms with van der Waals surface area (Å²) >= 11 is 1.67. The number of anilines is 1. The molecule has 1 atom stereocenters. The number of hydrogen-bond acceptors (Lipinski definition) is 7. The fourth-order valence-corrected chi connectivity index (χ4v) is 3.73. The molecular weight excluding hydrogens is 324 g/mol. The maximum Gasteiger partial charge on any atom is 0.193 e. The van der Waals surface area contributed by atoms with E-state index in [-0.39, 0.29) is 6.10 Å². The van der Waals surface area contributed by atoms with Crippen LogP contribution in [0.25, 0.3) is 4.96 Å². The van der Waals surface area contributed by atoms with Crippen molar-refractivity contribution in [3.63, 3.8) is 0 Å². The molecule has 3 aromatic heterocycles. The van der Waals surface area contributed by atoms with Gasteiger partial charge in [-0.2, -0.15) is 5.10 Å². The smallest absolute Gasteiger partial charge is 0.193 e. The molecule has 126 valence electrons. The van der Waals surface area contributed by atoms with Gasteiger partial charge in [0.05, 0.1) is 18.4 Å². The normalized spacial score (nSPS) is 19.0. The summed E-state index contributed by atoms with van der Waals surface area (Å²) in [6, 6.07) is 3.86. The van der Waals surface area contributed by atoms with Crippen molar-refractivity contribution < 1.29 is 4.74 Å². The molecule has 0 radical (unpaired) electrons. The number of nitrogens with zero attached hydrogens (tertiary/aromatic N) is 6. The number of hydrogen-bond donors (Lipinski definition) is 0. The molecule has 1 aliphatic rings. The third-order valence-electron chi connectivity index (χ3n) is 4.18. The van der Waals surface area contributed by atoms with E-state index in [1.54, 1.807) is 17.5 Å². The van der Waals surface area contributed by atoms with Gasteiger partial charge >= 0.3 is 0 Å². The zero-order valence-corrected chi connectivity index (χ0v) is 14.4. The lowest BCUT2D eigenvalue weighted by Crippen LogP contribution is -2.46. The van der Waals surface area contributed by atoms with E-state index in [1.165, 1.54) is 0 Å². The number of thiazole rings is 1. The van der Waals surface area contributed by atoms with Crippen LogP contribution >= 0.6 is 11.3 Å². The largest absolute Gasteiger partial charge is 0.374 e. The molecule has 0 saturated carbocycles. The summed E-state index contributed by atoms with van der Waals surface area (Å²) in [6.07, 6.45) is 6.01. The number of likely N-dealkylation sites (N-methyl/N-ethyl adjacent to an activating group) is 1. The van der Waals surface area contributed by atoms with E-state index >= 15 is 0 Å². The summed E-state index contributed by atoms with van der Waals surface area (Å²) < 4.78 is 8.01. The molecule has 0 N–H and O–H groups in total. The quantitative estimate of drug-likeness (QED) is 0.699. The summed E-state index contributed by atoms with van der Waals surface area (Å²) in [5.41, 5.74) is 1.12. The predicted molar refractivity (Wildman–Crippen MR) is 93.4 cm³/mol. The van der Waals surface area contributed by atoms with Crippen molar-refractivity contribution in [3.05, 3.63) is 41.8 Å². The first-order valence-corrected chi connectivity index (χ1v) is 8.90. The van der Waals surface area contributed by atoms with Gasteiger partial charge in [-0.3, -0.25) is 9.30 Å². The van der Waals surface area contributed by atoms with Crippen LogP contribution in [0.2, 0.25) is 0 Å². The number of rotatable bonds is 5. The Bertz CT molecular complexity index is 760. The Morgan fingerprint density at radius 3 is 3.25 bits per heavy atom. The molecule has 1 unspecified atom stereocenters. The zero-order valence-electron chi connectivity index (χ0n) is 13.6. The summed E-state index contributed by atoms with van der Waals surface area (Å²) in [4.78, 5) is 10.2. The molecule has 7 nitrogen and oxygen atoms in total. The summed E-state index contributed by atoms with van der Waals surface area (Å²) in [5.74, 6) is 0.868. The summed E-state index contributed by atoms with van der Waals surface area (Å²) in [7, 11) is 2.02. The lowest BCUT2D eigenvalue weighted by Gasteiger charge is -2.34. The van der Waals surface area contributed by atoms with E-state index in [1.807, 2.05) is 19.2 Å². The Hall–Kier alpha value is -2.03. The molecule has 0 aliphatic carbocycles. The van der Waals surface area contributed by atoms with Crippen molar-refractivity contribution in [2.45, 2.75) is 12.6 Å². The Balaban J connectivity index is 1.36. The van der Waals surface area contributed by atoms with Crippen molar-refractivity contribution in [2.75, 3.05) is 38.2 Å². The molecule has 0 spiro atoms. The third kappa shape index (κ3) is 3.40. The highest BCUT2D eigenvalue weighted by molar-refractivity contribution is 7.15. The molecule has 1 fully saturated rings. The Morgan fingerprint density at radius 1 is 1.46 bits per heavy atom. The Morgan fingerprint density at radius 2 is 2.42 bits per heavy atom. The topological polar surface area (TPSA) is 58.8 Å². The van der Waals surface area contributed by atoms with E-state index in [0.29, 0.717) is 0 Å². The van der Waals surface area contributed by atoms with Crippen LogP contribution in [0.5, 0.6) is 0 Å². The van der Waals surface area contributed by atoms with Gasteiger partial charge in [0.1, 0.15) is 0 Å². The van der Waals surface area contributed by atoms with Crippen LogP contribution in [0.3, 0.4) is 0 Å². The minimum Gasteiger partial charge on any atom is -0.374 e. The van der Waals surface area contributed by atoms with Crippen LogP contribution in [0.1, 0.15) is 5.69 Å². The SMILES string of the molecule is CN(CC1CN(Cc2cn3ccsc3n2)CCO1)c1cccnn1. The number of aromatic nitrogens is 4. The molecule has 0 amide bonds. The van der Waals surface area contributed by atoms with E-state index in [4.69, 9.17) is 4.74 Å². The second-order valence-electron chi connectivity index (χ2n) is 6.02. The third-order valence-corrected chi connectivity index (χ3v) is 4.95. The van der Waals surface area contributed by atoms with Gasteiger partial charge in [-0.25, -0.2) is 4.98 Å². The van der Waals surface area contributed by atoms with Crippen molar-refractivity contribution in [1.29, 1.82) is 0 Å². The Kier molecular flexibility index (Phi) is 4.42. The minimum absolute atomic E-state index is 0.162. The fourth-order valence-electron chi connectivity index (χ4n) is 3.01. The maximum absolute atomic E-state index is 5.93. The molecule has 24 heavy (non-hydrogen) atoms. The van der Waals surface area contributed by atoms with Crippen LogP contribution in [0, 0.1) is 0 Å². The van der Waals surface area contributed by atoms with Gasteiger partial charge in [0.25, 0.3) is 0 Å². The number of fused-ring (bicyclic) bond motifs is 1.